The van der Waals surface area contributed by atoms with Crippen LogP contribution in [0.4, 0.5) is 5.69 Å². The third-order valence-corrected chi connectivity index (χ3v) is 4.88. The van der Waals surface area contributed by atoms with E-state index in [1.54, 1.807) is 32.0 Å². The number of rotatable bonds is 6. The molecule has 2 aliphatic rings. The molecule has 1 aromatic rings. The molecule has 0 aromatic heterocycles. The summed E-state index contributed by atoms with van der Waals surface area (Å²) in [4.78, 5) is 35.4. The lowest BCUT2D eigenvalue weighted by Gasteiger charge is -2.08. The first-order valence-electron chi connectivity index (χ1n) is 8.21. The van der Waals surface area contributed by atoms with Gasteiger partial charge in [0.2, 0.25) is 11.8 Å². The van der Waals surface area contributed by atoms with E-state index in [-0.39, 0.29) is 18.2 Å². The molecule has 3 N–H and O–H groups in total. The molecule has 24 heavy (non-hydrogen) atoms. The fourth-order valence-electron chi connectivity index (χ4n) is 3.26. The third-order valence-electron chi connectivity index (χ3n) is 4.88. The van der Waals surface area contributed by atoms with Gasteiger partial charge < -0.3 is 15.7 Å². The van der Waals surface area contributed by atoms with Crippen molar-refractivity contribution in [1.29, 1.82) is 0 Å². The van der Waals surface area contributed by atoms with Gasteiger partial charge in [0.05, 0.1) is 18.3 Å². The largest absolute Gasteiger partial charge is 0.481 e. The Bertz CT molecular complexity index is 694. The van der Waals surface area contributed by atoms with Crippen LogP contribution in [0.3, 0.4) is 0 Å². The molecule has 2 saturated carbocycles. The summed E-state index contributed by atoms with van der Waals surface area (Å²) in [6.45, 7) is 3.57. The monoisotopic (exact) mass is 330 g/mol. The lowest BCUT2D eigenvalue weighted by molar-refractivity contribution is -0.140. The van der Waals surface area contributed by atoms with Gasteiger partial charge in [0.25, 0.3) is 0 Å². The number of hydrogen-bond donors (Lipinski definition) is 3. The number of anilines is 1. The molecule has 2 fully saturated rings. The molecule has 2 atom stereocenters. The van der Waals surface area contributed by atoms with Gasteiger partial charge in [-0.15, -0.1) is 0 Å². The quantitative estimate of drug-likeness (QED) is 0.741. The van der Waals surface area contributed by atoms with Crippen molar-refractivity contribution >= 4 is 23.5 Å². The summed E-state index contributed by atoms with van der Waals surface area (Å²) in [6, 6.07) is 7.44. The van der Waals surface area contributed by atoms with Crippen LogP contribution < -0.4 is 10.6 Å². The van der Waals surface area contributed by atoms with Crippen LogP contribution in [0, 0.1) is 17.3 Å². The van der Waals surface area contributed by atoms with Crippen LogP contribution >= 0.6 is 0 Å². The fraction of sp³-hybridized carbons (Fsp3) is 0.500. The van der Waals surface area contributed by atoms with E-state index < -0.39 is 23.2 Å². The highest BCUT2D eigenvalue weighted by Gasteiger charge is 2.65. The van der Waals surface area contributed by atoms with Gasteiger partial charge in [-0.2, -0.15) is 0 Å². The van der Waals surface area contributed by atoms with Crippen molar-refractivity contribution in [3.05, 3.63) is 29.8 Å². The Kier molecular flexibility index (Phi) is 4.07. The van der Waals surface area contributed by atoms with Crippen molar-refractivity contribution in [2.75, 3.05) is 5.32 Å². The molecule has 128 valence electrons. The molecule has 0 bridgehead atoms. The van der Waals surface area contributed by atoms with Gasteiger partial charge in [-0.25, -0.2) is 0 Å². The Morgan fingerprint density at radius 2 is 1.92 bits per heavy atom. The van der Waals surface area contributed by atoms with E-state index in [1.165, 1.54) is 0 Å². The smallest absolute Gasteiger partial charge is 0.307 e. The zero-order chi connectivity index (χ0) is 17.5. The lowest BCUT2D eigenvalue weighted by Crippen LogP contribution is -2.27. The summed E-state index contributed by atoms with van der Waals surface area (Å²) in [5.74, 6) is -2.42. The van der Waals surface area contributed by atoms with Crippen LogP contribution in [0.15, 0.2) is 24.3 Å². The Morgan fingerprint density at radius 1 is 1.21 bits per heavy atom. The Balaban J connectivity index is 1.61. The van der Waals surface area contributed by atoms with Crippen molar-refractivity contribution < 1.29 is 19.5 Å². The second-order valence-corrected chi connectivity index (χ2v) is 7.32. The lowest BCUT2D eigenvalue weighted by atomic mass is 10.1. The first-order valence-corrected chi connectivity index (χ1v) is 8.21. The molecule has 2 unspecified atom stereocenters. The minimum absolute atomic E-state index is 0.0183. The minimum atomic E-state index is -0.939. The standard InChI is InChI=1S/C18H22N2O4/c1-18(2)14(15(18)17(23)24)16(22)20-12-5-3-4-10(8-12)9-13(21)19-11-6-7-11/h3-5,8,11,14-15H,6-7,9H2,1-2H3,(H,19,21)(H,20,22)(H,23,24). The van der Waals surface area contributed by atoms with Gasteiger partial charge in [-0.05, 0) is 36.0 Å². The van der Waals surface area contributed by atoms with Crippen LogP contribution in [-0.4, -0.2) is 28.9 Å². The Morgan fingerprint density at radius 3 is 2.50 bits per heavy atom. The highest BCUT2D eigenvalue weighted by molar-refractivity contribution is 5.99. The van der Waals surface area contributed by atoms with Crippen LogP contribution in [0.1, 0.15) is 32.3 Å². The Hall–Kier alpha value is -2.37. The van der Waals surface area contributed by atoms with Crippen molar-refractivity contribution in [2.24, 2.45) is 17.3 Å². The van der Waals surface area contributed by atoms with Crippen LogP contribution in [-0.2, 0) is 20.8 Å². The normalized spacial score (nSPS) is 24.1. The van der Waals surface area contributed by atoms with Gasteiger partial charge >= 0.3 is 5.97 Å². The summed E-state index contributed by atoms with van der Waals surface area (Å²) in [5, 5.41) is 14.9. The first-order chi connectivity index (χ1) is 11.3. The van der Waals surface area contributed by atoms with E-state index in [2.05, 4.69) is 10.6 Å². The number of carbonyl (C=O) groups is 3. The molecular weight excluding hydrogens is 308 g/mol. The van der Waals surface area contributed by atoms with E-state index in [0.717, 1.165) is 18.4 Å². The number of amides is 2. The highest BCUT2D eigenvalue weighted by Crippen LogP contribution is 2.58. The molecule has 0 radical (unpaired) electrons. The average Bonchev–Trinajstić information content (AvgIpc) is 3.36. The number of hydrogen-bond acceptors (Lipinski definition) is 3. The molecule has 1 aromatic carbocycles. The fourth-order valence-corrected chi connectivity index (χ4v) is 3.26. The molecule has 2 amide bonds. The highest BCUT2D eigenvalue weighted by atomic mass is 16.4. The van der Waals surface area contributed by atoms with Gasteiger partial charge in [-0.1, -0.05) is 26.0 Å². The van der Waals surface area contributed by atoms with Gasteiger partial charge in [0, 0.05) is 11.7 Å². The predicted octanol–water partition coefficient (Wildman–Crippen LogP) is 1.80. The summed E-state index contributed by atoms with van der Waals surface area (Å²) in [6.07, 6.45) is 2.36. The van der Waals surface area contributed by atoms with Crippen molar-refractivity contribution in [2.45, 2.75) is 39.2 Å². The van der Waals surface area contributed by atoms with Crippen molar-refractivity contribution in [3.63, 3.8) is 0 Å². The zero-order valence-electron chi connectivity index (χ0n) is 13.8. The van der Waals surface area contributed by atoms with E-state index in [9.17, 15) is 19.5 Å². The summed E-state index contributed by atoms with van der Waals surface area (Å²) in [7, 11) is 0. The molecule has 3 rings (SSSR count). The summed E-state index contributed by atoms with van der Waals surface area (Å²) >= 11 is 0. The average molecular weight is 330 g/mol. The van der Waals surface area contributed by atoms with Gasteiger partial charge in [-0.3, -0.25) is 14.4 Å². The van der Waals surface area contributed by atoms with E-state index in [0.29, 0.717) is 11.7 Å². The maximum atomic E-state index is 12.3. The summed E-state index contributed by atoms with van der Waals surface area (Å²) in [5.41, 5.74) is 0.872. The predicted molar refractivity (Wildman–Crippen MR) is 88.3 cm³/mol. The SMILES string of the molecule is CC1(C)C(C(=O)O)C1C(=O)Nc1cccc(CC(=O)NC2CC2)c1. The second-order valence-electron chi connectivity index (χ2n) is 7.32. The molecule has 0 heterocycles. The second kappa shape index (κ2) is 5.92. The zero-order valence-corrected chi connectivity index (χ0v) is 13.8. The molecule has 6 heteroatoms. The van der Waals surface area contributed by atoms with Crippen LogP contribution in [0.5, 0.6) is 0 Å². The Labute approximate surface area is 140 Å². The van der Waals surface area contributed by atoms with Gasteiger partial charge in [0.15, 0.2) is 0 Å². The molecule has 0 saturated heterocycles. The number of carboxylic acids is 1. The number of carbonyl (C=O) groups excluding carboxylic acids is 2. The van der Waals surface area contributed by atoms with E-state index >= 15 is 0 Å². The topological polar surface area (TPSA) is 95.5 Å². The minimum Gasteiger partial charge on any atom is -0.481 e. The first kappa shape index (κ1) is 16.5. The number of nitrogens with one attached hydrogen (secondary N) is 2. The van der Waals surface area contributed by atoms with Crippen molar-refractivity contribution in [1.82, 2.24) is 5.32 Å². The van der Waals surface area contributed by atoms with Crippen LogP contribution in [0.25, 0.3) is 0 Å². The number of benzene rings is 1. The third kappa shape index (κ3) is 3.42. The molecule has 0 aliphatic heterocycles. The maximum absolute atomic E-state index is 12.3. The summed E-state index contributed by atoms with van der Waals surface area (Å²) < 4.78 is 0. The molecule has 0 spiro atoms. The molecule has 2 aliphatic carbocycles. The number of aliphatic carboxylic acids is 1. The van der Waals surface area contributed by atoms with E-state index in [4.69, 9.17) is 0 Å². The van der Waals surface area contributed by atoms with Crippen LogP contribution in [0.2, 0.25) is 0 Å². The van der Waals surface area contributed by atoms with Gasteiger partial charge in [0.1, 0.15) is 0 Å². The van der Waals surface area contributed by atoms with Crippen molar-refractivity contribution in [3.8, 4) is 0 Å². The maximum Gasteiger partial charge on any atom is 0.307 e. The number of carboxylic acid groups (broad SMARTS) is 1. The van der Waals surface area contributed by atoms with E-state index in [1.807, 2.05) is 6.07 Å². The molecule has 6 nitrogen and oxygen atoms in total. The molecular formula is C18H22N2O4.